The molecule has 0 aromatic carbocycles. The van der Waals surface area contributed by atoms with Crippen LogP contribution < -0.4 is 4.74 Å². The van der Waals surface area contributed by atoms with Gasteiger partial charge in [-0.1, -0.05) is 13.8 Å². The van der Waals surface area contributed by atoms with E-state index in [0.717, 1.165) is 15.9 Å². The number of aromatic nitrogens is 3. The van der Waals surface area contributed by atoms with Gasteiger partial charge in [0.05, 0.1) is 18.9 Å². The molecular weight excluding hydrogens is 298 g/mol. The van der Waals surface area contributed by atoms with Gasteiger partial charge in [-0.2, -0.15) is 0 Å². The van der Waals surface area contributed by atoms with Crippen molar-refractivity contribution in [2.75, 3.05) is 13.2 Å². The van der Waals surface area contributed by atoms with Gasteiger partial charge in [0.1, 0.15) is 10.7 Å². The lowest BCUT2D eigenvalue weighted by Crippen LogP contribution is -2.38. The molecule has 0 amide bonds. The molecule has 6 heteroatoms. The van der Waals surface area contributed by atoms with Gasteiger partial charge in [0.15, 0.2) is 0 Å². The van der Waals surface area contributed by atoms with E-state index in [-0.39, 0.29) is 6.10 Å². The van der Waals surface area contributed by atoms with E-state index in [1.165, 1.54) is 0 Å². The molecule has 1 aliphatic heterocycles. The quantitative estimate of drug-likeness (QED) is 0.855. The number of imidazole rings is 1. The van der Waals surface area contributed by atoms with Gasteiger partial charge in [0, 0.05) is 12.4 Å². The van der Waals surface area contributed by atoms with Crippen LogP contribution in [0.4, 0.5) is 0 Å². The number of aryl methyl sites for hydroxylation is 1. The van der Waals surface area contributed by atoms with Crippen LogP contribution in [0, 0.1) is 6.92 Å². The Morgan fingerprint density at radius 3 is 2.67 bits per heavy atom. The first-order valence-corrected chi connectivity index (χ1v) is 6.78. The van der Waals surface area contributed by atoms with Crippen molar-refractivity contribution in [3.63, 3.8) is 0 Å². The molecule has 2 aromatic rings. The minimum absolute atomic E-state index is 0.0996. The van der Waals surface area contributed by atoms with E-state index in [1.807, 2.05) is 37.6 Å². The van der Waals surface area contributed by atoms with Crippen molar-refractivity contribution in [1.29, 1.82) is 0 Å². The Labute approximate surface area is 114 Å². The average molecular weight is 314 g/mol. The number of fused-ring (bicyclic) bond motifs is 1. The molecule has 3 heterocycles. The number of nitrogens with zero attached hydrogens (tertiary/aromatic N) is 3. The van der Waals surface area contributed by atoms with Gasteiger partial charge in [-0.05, 0) is 22.9 Å². The van der Waals surface area contributed by atoms with Crippen LogP contribution in [-0.4, -0.2) is 33.7 Å². The molecule has 18 heavy (non-hydrogen) atoms. The van der Waals surface area contributed by atoms with Crippen LogP contribution in [0.15, 0.2) is 17.0 Å². The highest BCUT2D eigenvalue weighted by Gasteiger charge is 2.22. The Morgan fingerprint density at radius 1 is 1.33 bits per heavy atom. The lowest BCUT2D eigenvalue weighted by Gasteiger charge is -2.26. The van der Waals surface area contributed by atoms with Crippen LogP contribution in [0.1, 0.15) is 19.5 Å². The first-order chi connectivity index (χ1) is 8.72. The summed E-state index contributed by atoms with van der Waals surface area (Å²) in [5, 5.41) is 0. The monoisotopic (exact) mass is 313 g/mol. The van der Waals surface area contributed by atoms with Gasteiger partial charge < -0.3 is 9.47 Å². The average Bonchev–Trinajstić information content (AvgIpc) is 2.66. The van der Waals surface area contributed by atoms with Crippen molar-refractivity contribution in [2.45, 2.75) is 26.9 Å². The molecule has 98 valence electrons. The predicted octanol–water partition coefficient (Wildman–Crippen LogP) is 2.60. The molecule has 2 aromatic heterocycles. The Kier molecular flexibility index (Phi) is 4.19. The summed E-state index contributed by atoms with van der Waals surface area (Å²) in [7, 11) is 0. The van der Waals surface area contributed by atoms with Crippen molar-refractivity contribution < 1.29 is 9.47 Å². The van der Waals surface area contributed by atoms with Crippen LogP contribution in [0.25, 0.3) is 5.65 Å². The molecule has 1 fully saturated rings. The van der Waals surface area contributed by atoms with E-state index in [0.29, 0.717) is 19.1 Å². The Hall–Kier alpha value is -1.14. The normalized spacial score (nSPS) is 14.9. The Balaban J connectivity index is 0.000000574. The van der Waals surface area contributed by atoms with Crippen LogP contribution in [0.2, 0.25) is 0 Å². The molecule has 3 rings (SSSR count). The third-order valence-electron chi connectivity index (χ3n) is 2.38. The molecule has 0 unspecified atom stereocenters. The third kappa shape index (κ3) is 2.64. The van der Waals surface area contributed by atoms with Crippen molar-refractivity contribution in [2.24, 2.45) is 0 Å². The predicted molar refractivity (Wildman–Crippen MR) is 72.0 cm³/mol. The first-order valence-electron chi connectivity index (χ1n) is 5.98. The summed E-state index contributed by atoms with van der Waals surface area (Å²) < 4.78 is 13.4. The van der Waals surface area contributed by atoms with Crippen LogP contribution in [-0.2, 0) is 4.74 Å². The van der Waals surface area contributed by atoms with Crippen molar-refractivity contribution >= 4 is 21.6 Å². The minimum atomic E-state index is 0.0996. The summed E-state index contributed by atoms with van der Waals surface area (Å²) in [6.45, 7) is 7.19. The maximum atomic E-state index is 5.71. The summed E-state index contributed by atoms with van der Waals surface area (Å²) in [5.41, 5.74) is 1.68. The van der Waals surface area contributed by atoms with Crippen molar-refractivity contribution in [3.05, 3.63) is 22.7 Å². The highest BCUT2D eigenvalue weighted by molar-refractivity contribution is 9.10. The fraction of sp³-hybridized carbons (Fsp3) is 0.500. The second-order valence-electron chi connectivity index (χ2n) is 3.76. The van der Waals surface area contributed by atoms with Gasteiger partial charge in [0.2, 0.25) is 5.65 Å². The standard InChI is InChI=1S/C10H10BrN3O2.C2H6/c1-6-2-14-3-8(11)13-10(9(14)12-6)16-7-4-15-5-7;1-2/h2-3,7H,4-5H2,1H3;1-2H3. The van der Waals surface area contributed by atoms with Crippen LogP contribution in [0.5, 0.6) is 5.88 Å². The summed E-state index contributed by atoms with van der Waals surface area (Å²) >= 11 is 3.35. The molecule has 0 N–H and O–H groups in total. The molecule has 0 atom stereocenters. The molecule has 0 aliphatic carbocycles. The number of ether oxygens (including phenoxy) is 2. The smallest absolute Gasteiger partial charge is 0.259 e. The molecule has 0 spiro atoms. The van der Waals surface area contributed by atoms with E-state index in [2.05, 4.69) is 25.9 Å². The largest absolute Gasteiger partial charge is 0.467 e. The SMILES string of the molecule is CC.Cc1cn2cc(Br)nc(OC3COC3)c2n1. The maximum Gasteiger partial charge on any atom is 0.259 e. The van der Waals surface area contributed by atoms with Crippen molar-refractivity contribution in [3.8, 4) is 5.88 Å². The van der Waals surface area contributed by atoms with Gasteiger partial charge in [-0.25, -0.2) is 9.97 Å². The highest BCUT2D eigenvalue weighted by atomic mass is 79.9. The first kappa shape index (κ1) is 13.3. The second kappa shape index (κ2) is 5.67. The fourth-order valence-corrected chi connectivity index (χ4v) is 1.96. The van der Waals surface area contributed by atoms with Gasteiger partial charge >= 0.3 is 0 Å². The van der Waals surface area contributed by atoms with Gasteiger partial charge in [0.25, 0.3) is 5.88 Å². The maximum absolute atomic E-state index is 5.71. The zero-order valence-corrected chi connectivity index (χ0v) is 12.3. The third-order valence-corrected chi connectivity index (χ3v) is 2.77. The second-order valence-corrected chi connectivity index (χ2v) is 4.57. The molecule has 0 saturated carbocycles. The molecule has 0 radical (unpaired) electrons. The van der Waals surface area contributed by atoms with Crippen molar-refractivity contribution in [1.82, 2.24) is 14.4 Å². The molecule has 0 bridgehead atoms. The fourth-order valence-electron chi connectivity index (χ4n) is 1.58. The zero-order chi connectivity index (χ0) is 13.1. The summed E-state index contributed by atoms with van der Waals surface area (Å²) in [5.74, 6) is 0.552. The van der Waals surface area contributed by atoms with E-state index in [4.69, 9.17) is 9.47 Å². The van der Waals surface area contributed by atoms with E-state index in [1.54, 1.807) is 0 Å². The topological polar surface area (TPSA) is 48.7 Å². The highest BCUT2D eigenvalue weighted by Crippen LogP contribution is 2.22. The lowest BCUT2D eigenvalue weighted by molar-refractivity contribution is -0.0809. The Bertz CT molecular complexity index is 537. The van der Waals surface area contributed by atoms with Crippen LogP contribution in [0.3, 0.4) is 0 Å². The van der Waals surface area contributed by atoms with Gasteiger partial charge in [-0.3, -0.25) is 4.40 Å². The van der Waals surface area contributed by atoms with Gasteiger partial charge in [-0.15, -0.1) is 0 Å². The van der Waals surface area contributed by atoms with E-state index < -0.39 is 0 Å². The van der Waals surface area contributed by atoms with E-state index in [9.17, 15) is 0 Å². The van der Waals surface area contributed by atoms with Crippen LogP contribution >= 0.6 is 15.9 Å². The number of rotatable bonds is 2. The molecule has 1 aliphatic rings. The lowest BCUT2D eigenvalue weighted by atomic mass is 10.3. The molecule has 1 saturated heterocycles. The number of halogens is 1. The number of hydrogen-bond acceptors (Lipinski definition) is 4. The van der Waals surface area contributed by atoms with E-state index >= 15 is 0 Å². The summed E-state index contributed by atoms with van der Waals surface area (Å²) in [6, 6.07) is 0. The molecular formula is C12H16BrN3O2. The number of hydrogen-bond donors (Lipinski definition) is 0. The summed E-state index contributed by atoms with van der Waals surface area (Å²) in [6.07, 6.45) is 3.90. The summed E-state index contributed by atoms with van der Waals surface area (Å²) in [4.78, 5) is 8.67. The Morgan fingerprint density at radius 2 is 2.06 bits per heavy atom. The minimum Gasteiger partial charge on any atom is -0.467 e. The molecule has 5 nitrogen and oxygen atoms in total. The zero-order valence-electron chi connectivity index (χ0n) is 10.7.